The van der Waals surface area contributed by atoms with Crippen molar-refractivity contribution < 1.29 is 0 Å². The van der Waals surface area contributed by atoms with E-state index >= 15 is 0 Å². The van der Waals surface area contributed by atoms with Crippen LogP contribution in [0, 0.1) is 6.92 Å². The molecule has 2 aromatic rings. The maximum Gasteiger partial charge on any atom is 0.253 e. The van der Waals surface area contributed by atoms with Crippen LogP contribution in [-0.4, -0.2) is 15.0 Å². The molecule has 2 aromatic heterocycles. The summed E-state index contributed by atoms with van der Waals surface area (Å²) in [6.07, 6.45) is 0. The molecule has 72 valence electrons. The summed E-state index contributed by atoms with van der Waals surface area (Å²) in [5.74, 6) is 0.619. The number of aromatic amines is 1. The van der Waals surface area contributed by atoms with Crippen molar-refractivity contribution in [3.63, 3.8) is 0 Å². The van der Waals surface area contributed by atoms with E-state index in [-0.39, 0.29) is 11.4 Å². The Kier molecular flexibility index (Phi) is 2.05. The number of rotatable bonds is 1. The van der Waals surface area contributed by atoms with Gasteiger partial charge in [0, 0.05) is 11.4 Å². The third-order valence-electron chi connectivity index (χ3n) is 1.62. The first-order valence-corrected chi connectivity index (χ1v) is 4.82. The van der Waals surface area contributed by atoms with Crippen LogP contribution in [0.2, 0.25) is 0 Å². The van der Waals surface area contributed by atoms with Gasteiger partial charge in [-0.2, -0.15) is 0 Å². The Morgan fingerprint density at radius 1 is 1.50 bits per heavy atom. The van der Waals surface area contributed by atoms with Gasteiger partial charge in [0.25, 0.3) is 5.56 Å². The van der Waals surface area contributed by atoms with Gasteiger partial charge in [0.15, 0.2) is 5.82 Å². The van der Waals surface area contributed by atoms with Crippen LogP contribution in [0.4, 0.5) is 5.82 Å². The molecule has 2 heterocycles. The molecule has 0 unspecified atom stereocenters. The number of anilines is 1. The average molecular weight is 208 g/mol. The average Bonchev–Trinajstić information content (AvgIpc) is 2.50. The normalized spacial score (nSPS) is 10.4. The lowest BCUT2D eigenvalue weighted by Gasteiger charge is -1.96. The number of hydrogen-bond donors (Lipinski definition) is 2. The number of nitrogens with zero attached hydrogens (tertiary/aromatic N) is 2. The maximum absolute atomic E-state index is 11.1. The van der Waals surface area contributed by atoms with E-state index in [1.165, 1.54) is 17.4 Å². The smallest absolute Gasteiger partial charge is 0.253 e. The van der Waals surface area contributed by atoms with E-state index in [1.807, 2.05) is 12.3 Å². The molecule has 0 atom stereocenters. The van der Waals surface area contributed by atoms with E-state index in [9.17, 15) is 4.79 Å². The number of nitrogens with one attached hydrogen (secondary N) is 1. The summed E-state index contributed by atoms with van der Waals surface area (Å²) in [6, 6.07) is 1.24. The summed E-state index contributed by atoms with van der Waals surface area (Å²) in [5.41, 5.74) is 5.83. The van der Waals surface area contributed by atoms with Gasteiger partial charge in [0.05, 0.1) is 5.01 Å². The second-order valence-electron chi connectivity index (χ2n) is 2.77. The molecule has 0 fully saturated rings. The van der Waals surface area contributed by atoms with E-state index in [4.69, 9.17) is 5.73 Å². The molecule has 0 saturated carbocycles. The highest BCUT2D eigenvalue weighted by Crippen LogP contribution is 2.16. The fourth-order valence-corrected chi connectivity index (χ4v) is 1.67. The molecular weight excluding hydrogens is 200 g/mol. The van der Waals surface area contributed by atoms with Crippen molar-refractivity contribution >= 4 is 17.2 Å². The van der Waals surface area contributed by atoms with Crippen molar-refractivity contribution in [3.8, 4) is 11.5 Å². The first-order valence-electron chi connectivity index (χ1n) is 3.94. The lowest BCUT2D eigenvalue weighted by atomic mass is 10.4. The molecule has 14 heavy (non-hydrogen) atoms. The lowest BCUT2D eigenvalue weighted by molar-refractivity contribution is 1.11. The Morgan fingerprint density at radius 3 is 2.86 bits per heavy atom. The van der Waals surface area contributed by atoms with Crippen LogP contribution in [0.15, 0.2) is 16.2 Å². The predicted molar refractivity (Wildman–Crippen MR) is 55.1 cm³/mol. The Morgan fingerprint density at radius 2 is 2.29 bits per heavy atom. The van der Waals surface area contributed by atoms with Gasteiger partial charge in [0.2, 0.25) is 0 Å². The summed E-state index contributed by atoms with van der Waals surface area (Å²) in [7, 11) is 0. The van der Waals surface area contributed by atoms with Crippen LogP contribution in [0.5, 0.6) is 0 Å². The molecular formula is C8H8N4OS. The minimum absolute atomic E-state index is 0.203. The molecule has 3 N–H and O–H groups in total. The van der Waals surface area contributed by atoms with E-state index in [1.54, 1.807) is 0 Å². The van der Waals surface area contributed by atoms with Gasteiger partial charge in [-0.05, 0) is 6.92 Å². The van der Waals surface area contributed by atoms with Crippen LogP contribution in [-0.2, 0) is 0 Å². The van der Waals surface area contributed by atoms with Crippen LogP contribution in [0.25, 0.3) is 11.5 Å². The van der Waals surface area contributed by atoms with Crippen LogP contribution in [0.1, 0.15) is 5.01 Å². The van der Waals surface area contributed by atoms with Gasteiger partial charge in [-0.25, -0.2) is 9.97 Å². The van der Waals surface area contributed by atoms with E-state index in [0.717, 1.165) is 5.01 Å². The molecule has 6 heteroatoms. The maximum atomic E-state index is 11.1. The number of aryl methyl sites for hydroxylation is 1. The molecule has 0 aliphatic rings. The molecule has 0 amide bonds. The molecule has 5 nitrogen and oxygen atoms in total. The van der Waals surface area contributed by atoms with Crippen LogP contribution in [0.3, 0.4) is 0 Å². The highest BCUT2D eigenvalue weighted by Gasteiger charge is 2.05. The molecule has 0 aliphatic heterocycles. The molecule has 0 saturated heterocycles. The second-order valence-corrected chi connectivity index (χ2v) is 3.83. The third kappa shape index (κ3) is 1.64. The fourth-order valence-electron chi connectivity index (χ4n) is 1.07. The Hall–Kier alpha value is -1.69. The molecule has 0 radical (unpaired) electrons. The van der Waals surface area contributed by atoms with Crippen LogP contribution >= 0.6 is 11.3 Å². The molecule has 0 aromatic carbocycles. The zero-order valence-corrected chi connectivity index (χ0v) is 8.26. The van der Waals surface area contributed by atoms with E-state index < -0.39 is 0 Å². The minimum atomic E-state index is -0.266. The summed E-state index contributed by atoms with van der Waals surface area (Å²) >= 11 is 1.50. The largest absolute Gasteiger partial charge is 0.383 e. The number of nitrogens with two attached hydrogens (primary N) is 1. The first-order chi connectivity index (χ1) is 6.65. The first kappa shape index (κ1) is 8.89. The summed E-state index contributed by atoms with van der Waals surface area (Å²) in [5, 5.41) is 2.75. The molecule has 0 bridgehead atoms. The quantitative estimate of drug-likeness (QED) is 0.725. The van der Waals surface area contributed by atoms with Crippen molar-refractivity contribution in [1.29, 1.82) is 0 Å². The zero-order chi connectivity index (χ0) is 10.1. The van der Waals surface area contributed by atoms with Crippen molar-refractivity contribution in [2.45, 2.75) is 6.92 Å². The molecule has 0 aliphatic carbocycles. The number of aromatic nitrogens is 3. The second kappa shape index (κ2) is 3.22. The number of nitrogen functional groups attached to an aromatic ring is 1. The Labute approximate surface area is 83.7 Å². The zero-order valence-electron chi connectivity index (χ0n) is 7.44. The standard InChI is InChI=1S/C8H8N4OS/c1-4-10-5(3-14-4)8-11-6(9)2-7(13)12-8/h2-3H,1H3,(H3,9,11,12,13). The summed E-state index contributed by atoms with van der Waals surface area (Å²) < 4.78 is 0. The Balaban J connectivity index is 2.56. The highest BCUT2D eigenvalue weighted by atomic mass is 32.1. The Bertz CT molecular complexity index is 516. The van der Waals surface area contributed by atoms with Gasteiger partial charge in [-0.1, -0.05) is 0 Å². The van der Waals surface area contributed by atoms with Gasteiger partial charge >= 0.3 is 0 Å². The number of thiazole rings is 1. The summed E-state index contributed by atoms with van der Waals surface area (Å²) in [4.78, 5) is 21.8. The van der Waals surface area contributed by atoms with Gasteiger partial charge < -0.3 is 10.7 Å². The van der Waals surface area contributed by atoms with E-state index in [2.05, 4.69) is 15.0 Å². The number of hydrogen-bond acceptors (Lipinski definition) is 5. The van der Waals surface area contributed by atoms with Crippen LogP contribution < -0.4 is 11.3 Å². The number of H-pyrrole nitrogens is 1. The van der Waals surface area contributed by atoms with Crippen molar-refractivity contribution in [3.05, 3.63) is 26.8 Å². The van der Waals surface area contributed by atoms with Gasteiger partial charge in [-0.15, -0.1) is 11.3 Å². The molecule has 0 spiro atoms. The van der Waals surface area contributed by atoms with E-state index in [0.29, 0.717) is 11.5 Å². The van der Waals surface area contributed by atoms with Crippen molar-refractivity contribution in [2.75, 3.05) is 5.73 Å². The van der Waals surface area contributed by atoms with Gasteiger partial charge in [-0.3, -0.25) is 4.79 Å². The SMILES string of the molecule is Cc1nc(-c2nc(N)cc(=O)[nH]2)cs1. The highest BCUT2D eigenvalue weighted by molar-refractivity contribution is 7.09. The molecule has 2 rings (SSSR count). The minimum Gasteiger partial charge on any atom is -0.383 e. The van der Waals surface area contributed by atoms with Crippen molar-refractivity contribution in [2.24, 2.45) is 0 Å². The predicted octanol–water partition coefficient (Wildman–Crippen LogP) is 0.784. The lowest BCUT2D eigenvalue weighted by Crippen LogP contribution is -2.09. The third-order valence-corrected chi connectivity index (χ3v) is 2.40. The fraction of sp³-hybridized carbons (Fsp3) is 0.125. The van der Waals surface area contributed by atoms with Gasteiger partial charge in [0.1, 0.15) is 11.5 Å². The topological polar surface area (TPSA) is 84.7 Å². The monoisotopic (exact) mass is 208 g/mol. The van der Waals surface area contributed by atoms with Crippen molar-refractivity contribution in [1.82, 2.24) is 15.0 Å². The summed E-state index contributed by atoms with van der Waals surface area (Å²) in [6.45, 7) is 1.89.